The van der Waals surface area contributed by atoms with Gasteiger partial charge < -0.3 is 0 Å². The third kappa shape index (κ3) is 1.98. The van der Waals surface area contributed by atoms with Crippen molar-refractivity contribution in [3.8, 4) is 0 Å². The van der Waals surface area contributed by atoms with Gasteiger partial charge in [0.05, 0.1) is 5.75 Å². The predicted octanol–water partition coefficient (Wildman–Crippen LogP) is 3.58. The molecule has 66 valence electrons. The second-order valence-electron chi connectivity index (χ2n) is 2.00. The predicted molar refractivity (Wildman–Crippen MR) is 52.1 cm³/mol. The van der Waals surface area contributed by atoms with Gasteiger partial charge in [-0.1, -0.05) is 58.0 Å². The van der Waals surface area contributed by atoms with Gasteiger partial charge in [-0.25, -0.2) is 0 Å². The van der Waals surface area contributed by atoms with Gasteiger partial charge in [-0.15, -0.1) is 0 Å². The first kappa shape index (κ1) is 10.8. The molecular weight excluding hydrogens is 273 g/mol. The van der Waals surface area contributed by atoms with E-state index in [4.69, 9.17) is 62.2 Å². The molecule has 0 aromatic heterocycles. The zero-order valence-electron chi connectivity index (χ0n) is 4.99. The molecule has 0 amide bonds. The van der Waals surface area contributed by atoms with Crippen LogP contribution in [0.15, 0.2) is 0 Å². The Morgan fingerprint density at radius 1 is 1.27 bits per heavy atom. The smallest absolute Gasteiger partial charge is 0.192 e. The molecule has 1 aliphatic heterocycles. The monoisotopic (exact) mass is 274 g/mol. The minimum Gasteiger partial charge on any atom is -0.293 e. The first-order chi connectivity index (χ1) is 4.88. The molecule has 0 aromatic rings. The fourth-order valence-corrected chi connectivity index (χ4v) is 2.60. The van der Waals surface area contributed by atoms with E-state index in [1.165, 1.54) is 0 Å². The van der Waals surface area contributed by atoms with Gasteiger partial charge in [0, 0.05) is 0 Å². The maximum Gasteiger partial charge on any atom is 0.192 e. The van der Waals surface area contributed by atoms with E-state index in [1.54, 1.807) is 0 Å². The first-order valence-electron chi connectivity index (χ1n) is 2.56. The Labute approximate surface area is 93.8 Å². The Balaban J connectivity index is 2.82. The lowest BCUT2D eigenvalue weighted by molar-refractivity contribution is 0.282. The molecule has 0 radical (unpaired) electrons. The normalized spacial score (nSPS) is 35.2. The van der Waals surface area contributed by atoms with Crippen molar-refractivity contribution in [3.63, 3.8) is 0 Å². The average Bonchev–Trinajstić information content (AvgIpc) is 1.84. The van der Waals surface area contributed by atoms with Crippen molar-refractivity contribution >= 4 is 70.0 Å². The molecule has 0 aromatic carbocycles. The van der Waals surface area contributed by atoms with Gasteiger partial charge in [-0.05, 0) is 12.0 Å². The molecule has 1 atom stereocenters. The van der Waals surface area contributed by atoms with Crippen molar-refractivity contribution in [2.24, 2.45) is 0 Å². The van der Waals surface area contributed by atoms with Crippen LogP contribution in [0.5, 0.6) is 0 Å². The zero-order chi connectivity index (χ0) is 8.70. The quantitative estimate of drug-likeness (QED) is 0.494. The Morgan fingerprint density at radius 3 is 2.18 bits per heavy atom. The number of halogens is 5. The Morgan fingerprint density at radius 2 is 1.82 bits per heavy atom. The minimum absolute atomic E-state index is 0.284. The molecule has 1 heterocycles. The topological polar surface area (TPSA) is 9.23 Å². The van der Waals surface area contributed by atoms with E-state index in [2.05, 4.69) is 0 Å². The summed E-state index contributed by atoms with van der Waals surface area (Å²) in [7, 11) is 0. The summed E-state index contributed by atoms with van der Waals surface area (Å²) in [4.78, 5) is 0. The number of hydrogen-bond acceptors (Lipinski definition) is 2. The first-order valence-corrected chi connectivity index (χ1v) is 5.42. The molecule has 0 bridgehead atoms. The van der Waals surface area contributed by atoms with Crippen LogP contribution in [0, 0.1) is 0 Å². The van der Waals surface area contributed by atoms with Crippen molar-refractivity contribution in [1.29, 1.82) is 0 Å². The average molecular weight is 276 g/mol. The highest BCUT2D eigenvalue weighted by Gasteiger charge is 2.56. The lowest BCUT2D eigenvalue weighted by atomic mass is 10.3. The Hall–Kier alpha value is 1.76. The number of rotatable bonds is 0. The van der Waals surface area contributed by atoms with E-state index in [0.717, 1.165) is 12.0 Å². The van der Waals surface area contributed by atoms with Crippen LogP contribution in [0.3, 0.4) is 0 Å². The Bertz CT molecular complexity index is 161. The summed E-state index contributed by atoms with van der Waals surface area (Å²) < 4.78 is 2.14. The van der Waals surface area contributed by atoms with E-state index in [9.17, 15) is 0 Å². The molecule has 1 nitrogen and oxygen atoms in total. The number of alkyl halides is 5. The molecule has 7 heteroatoms. The standard InChI is InChI=1S/C4H3Cl5OS/c5-2-4(8,9)3(6,7)1-11-10-2/h2H,1H2. The van der Waals surface area contributed by atoms with Crippen LogP contribution in [-0.4, -0.2) is 20.0 Å². The highest BCUT2D eigenvalue weighted by Crippen LogP contribution is 2.52. The van der Waals surface area contributed by atoms with Gasteiger partial charge >= 0.3 is 0 Å². The summed E-state index contributed by atoms with van der Waals surface area (Å²) >= 11 is 29.7. The third-order valence-electron chi connectivity index (χ3n) is 1.17. The van der Waals surface area contributed by atoms with Crippen LogP contribution >= 0.6 is 70.0 Å². The van der Waals surface area contributed by atoms with Gasteiger partial charge in [0.25, 0.3) is 0 Å². The van der Waals surface area contributed by atoms with Gasteiger partial charge in [0.1, 0.15) is 0 Å². The maximum atomic E-state index is 5.77. The van der Waals surface area contributed by atoms with Crippen molar-refractivity contribution in [2.45, 2.75) is 14.2 Å². The van der Waals surface area contributed by atoms with Crippen LogP contribution < -0.4 is 0 Å². The summed E-state index contributed by atoms with van der Waals surface area (Å²) in [6, 6.07) is 0. The van der Waals surface area contributed by atoms with E-state index in [0.29, 0.717) is 0 Å². The van der Waals surface area contributed by atoms with Crippen LogP contribution in [0.25, 0.3) is 0 Å². The second-order valence-corrected chi connectivity index (χ2v) is 5.98. The van der Waals surface area contributed by atoms with Crippen molar-refractivity contribution < 1.29 is 4.18 Å². The van der Waals surface area contributed by atoms with Crippen LogP contribution in [0.4, 0.5) is 0 Å². The molecule has 1 rings (SSSR count). The SMILES string of the molecule is ClC1OSCC(Cl)(Cl)C1(Cl)Cl. The lowest BCUT2D eigenvalue weighted by Gasteiger charge is -2.38. The van der Waals surface area contributed by atoms with E-state index < -0.39 is 14.2 Å². The molecule has 1 aliphatic rings. The molecule has 0 saturated carbocycles. The second kappa shape index (κ2) is 3.49. The molecule has 1 fully saturated rings. The lowest BCUT2D eigenvalue weighted by Crippen LogP contribution is -2.49. The van der Waals surface area contributed by atoms with Crippen molar-refractivity contribution in [3.05, 3.63) is 0 Å². The maximum absolute atomic E-state index is 5.77. The molecule has 1 unspecified atom stereocenters. The van der Waals surface area contributed by atoms with Gasteiger partial charge in [0.2, 0.25) is 0 Å². The van der Waals surface area contributed by atoms with Crippen molar-refractivity contribution in [2.75, 3.05) is 5.75 Å². The number of hydrogen-bond donors (Lipinski definition) is 0. The minimum atomic E-state index is -1.47. The molecule has 0 N–H and O–H groups in total. The van der Waals surface area contributed by atoms with E-state index in [-0.39, 0.29) is 5.75 Å². The highest BCUT2D eigenvalue weighted by atomic mass is 35.5. The molecular formula is C4H3Cl5OS. The van der Waals surface area contributed by atoms with Crippen LogP contribution in [0.2, 0.25) is 0 Å². The van der Waals surface area contributed by atoms with Gasteiger partial charge in [-0.2, -0.15) is 0 Å². The largest absolute Gasteiger partial charge is 0.293 e. The van der Waals surface area contributed by atoms with Gasteiger partial charge in [-0.3, -0.25) is 4.18 Å². The molecule has 1 saturated heterocycles. The summed E-state index contributed by atoms with van der Waals surface area (Å²) in [5.41, 5.74) is -0.903. The highest BCUT2D eigenvalue weighted by molar-refractivity contribution is 7.95. The molecule has 0 aliphatic carbocycles. The Kier molecular flexibility index (Phi) is 3.44. The molecule has 0 spiro atoms. The fraction of sp³-hybridized carbons (Fsp3) is 1.00. The fourth-order valence-electron chi connectivity index (χ4n) is 0.490. The molecule has 11 heavy (non-hydrogen) atoms. The van der Waals surface area contributed by atoms with E-state index >= 15 is 0 Å². The summed E-state index contributed by atoms with van der Waals surface area (Å²) in [5.74, 6) is 0.284. The van der Waals surface area contributed by atoms with E-state index in [1.807, 2.05) is 0 Å². The van der Waals surface area contributed by atoms with Gasteiger partial charge in [0.15, 0.2) is 14.2 Å². The summed E-state index contributed by atoms with van der Waals surface area (Å²) in [6.45, 7) is 0. The third-order valence-corrected chi connectivity index (χ3v) is 5.40. The summed E-state index contributed by atoms with van der Waals surface area (Å²) in [5, 5.41) is 0. The van der Waals surface area contributed by atoms with Crippen LogP contribution in [0.1, 0.15) is 0 Å². The zero-order valence-corrected chi connectivity index (χ0v) is 9.59. The van der Waals surface area contributed by atoms with Crippen LogP contribution in [-0.2, 0) is 4.18 Å². The summed E-state index contributed by atoms with van der Waals surface area (Å²) in [6.07, 6.45) is 0. The van der Waals surface area contributed by atoms with Crippen molar-refractivity contribution in [1.82, 2.24) is 0 Å².